The van der Waals surface area contributed by atoms with Crippen molar-refractivity contribution in [2.24, 2.45) is 5.92 Å². The van der Waals surface area contributed by atoms with Gasteiger partial charge in [-0.2, -0.15) is 0 Å². The molecule has 5 nitrogen and oxygen atoms in total. The molecule has 0 radical (unpaired) electrons. The Hall–Kier alpha value is -1.52. The van der Waals surface area contributed by atoms with Gasteiger partial charge in [0.15, 0.2) is 0 Å². The fourth-order valence-corrected chi connectivity index (χ4v) is 2.61. The van der Waals surface area contributed by atoms with Crippen LogP contribution in [0.4, 0.5) is 4.79 Å². The molecule has 0 aromatic heterocycles. The van der Waals surface area contributed by atoms with Crippen LogP contribution in [0.1, 0.15) is 38.5 Å². The number of unbranched alkanes of at least 4 members (excludes halogenated alkanes) is 1. The molecule has 1 aliphatic rings. The van der Waals surface area contributed by atoms with Crippen LogP contribution in [0.3, 0.4) is 0 Å². The molecule has 0 saturated carbocycles. The second-order valence-electron chi connectivity index (χ2n) is 5.52. The molecule has 1 saturated heterocycles. The monoisotopic (exact) mass is 282 g/mol. The number of rotatable bonds is 7. The molecule has 1 N–H and O–H groups in total. The van der Waals surface area contributed by atoms with Crippen molar-refractivity contribution in [1.29, 1.82) is 0 Å². The number of hydrogen-bond acceptors (Lipinski definition) is 2. The van der Waals surface area contributed by atoms with Gasteiger partial charge >= 0.3 is 12.0 Å². The number of amides is 2. The van der Waals surface area contributed by atoms with E-state index in [1.165, 1.54) is 0 Å². The Labute approximate surface area is 121 Å². The van der Waals surface area contributed by atoms with Gasteiger partial charge in [0.1, 0.15) is 0 Å². The van der Waals surface area contributed by atoms with E-state index in [0.29, 0.717) is 18.9 Å². The molecule has 5 heteroatoms. The van der Waals surface area contributed by atoms with Gasteiger partial charge in [-0.1, -0.05) is 6.08 Å². The summed E-state index contributed by atoms with van der Waals surface area (Å²) in [4.78, 5) is 26.5. The molecule has 1 heterocycles. The number of carbonyl (C=O) groups is 2. The highest BCUT2D eigenvalue weighted by Gasteiger charge is 2.25. The van der Waals surface area contributed by atoms with Crippen LogP contribution in [0.25, 0.3) is 0 Å². The lowest BCUT2D eigenvalue weighted by atomic mass is 9.93. The molecule has 0 bridgehead atoms. The van der Waals surface area contributed by atoms with Crippen LogP contribution >= 0.6 is 0 Å². The number of urea groups is 1. The van der Waals surface area contributed by atoms with Gasteiger partial charge in [-0.3, -0.25) is 4.79 Å². The summed E-state index contributed by atoms with van der Waals surface area (Å²) in [5.74, 6) is -0.430. The number of aliphatic carboxylic acids is 1. The molecule has 0 aromatic carbocycles. The van der Waals surface area contributed by atoms with Crippen LogP contribution in [-0.4, -0.2) is 53.6 Å². The lowest BCUT2D eigenvalue weighted by Gasteiger charge is -2.35. The Kier molecular flexibility index (Phi) is 7.12. The maximum atomic E-state index is 12.3. The van der Waals surface area contributed by atoms with E-state index in [1.807, 2.05) is 18.0 Å². The third-order valence-corrected chi connectivity index (χ3v) is 3.78. The van der Waals surface area contributed by atoms with E-state index in [1.54, 1.807) is 4.90 Å². The second-order valence-corrected chi connectivity index (χ2v) is 5.52. The normalized spacial score (nSPS) is 18.6. The fourth-order valence-electron chi connectivity index (χ4n) is 2.61. The quantitative estimate of drug-likeness (QED) is 0.576. The zero-order valence-electron chi connectivity index (χ0n) is 12.4. The van der Waals surface area contributed by atoms with Gasteiger partial charge < -0.3 is 14.9 Å². The lowest BCUT2D eigenvalue weighted by Crippen LogP contribution is -2.46. The number of nitrogens with zero attached hydrogens (tertiary/aromatic N) is 2. The summed E-state index contributed by atoms with van der Waals surface area (Å²) >= 11 is 0. The van der Waals surface area contributed by atoms with Crippen LogP contribution in [0.2, 0.25) is 0 Å². The number of carboxylic acids is 1. The smallest absolute Gasteiger partial charge is 0.319 e. The van der Waals surface area contributed by atoms with Crippen LogP contribution in [0.5, 0.6) is 0 Å². The Bertz CT molecular complexity index is 344. The summed E-state index contributed by atoms with van der Waals surface area (Å²) in [5.41, 5.74) is 0. The molecule has 1 fully saturated rings. The highest BCUT2D eigenvalue weighted by Crippen LogP contribution is 2.21. The summed E-state index contributed by atoms with van der Waals surface area (Å²) in [6.45, 7) is 5.89. The van der Waals surface area contributed by atoms with Crippen LogP contribution in [0.15, 0.2) is 12.7 Å². The second kappa shape index (κ2) is 8.61. The van der Waals surface area contributed by atoms with Gasteiger partial charge in [0.25, 0.3) is 0 Å². The van der Waals surface area contributed by atoms with Crippen molar-refractivity contribution >= 4 is 12.0 Å². The molecule has 0 spiro atoms. The topological polar surface area (TPSA) is 60.9 Å². The predicted molar refractivity (Wildman–Crippen MR) is 78.6 cm³/mol. The van der Waals surface area contributed by atoms with E-state index in [0.717, 1.165) is 38.8 Å². The first-order valence-electron chi connectivity index (χ1n) is 7.37. The first-order chi connectivity index (χ1) is 9.54. The van der Waals surface area contributed by atoms with Crippen molar-refractivity contribution in [3.05, 3.63) is 12.7 Å². The number of allylic oxidation sites excluding steroid dienone is 1. The first kappa shape index (κ1) is 16.5. The minimum Gasteiger partial charge on any atom is -0.481 e. The number of carboxylic acid groups (broad SMARTS) is 1. The maximum absolute atomic E-state index is 12.3. The lowest BCUT2D eigenvalue weighted by molar-refractivity contribution is -0.137. The van der Waals surface area contributed by atoms with E-state index in [4.69, 9.17) is 5.11 Å². The van der Waals surface area contributed by atoms with E-state index < -0.39 is 5.97 Å². The molecule has 1 atom stereocenters. The minimum atomic E-state index is -0.755. The Morgan fingerprint density at radius 1 is 1.50 bits per heavy atom. The summed E-state index contributed by atoms with van der Waals surface area (Å²) in [6.07, 6.45) is 6.57. The number of carbonyl (C=O) groups excluding carboxylic acids is 1. The molecule has 1 rings (SSSR count). The third kappa shape index (κ3) is 5.63. The number of likely N-dealkylation sites (tertiary alicyclic amines) is 1. The largest absolute Gasteiger partial charge is 0.481 e. The first-order valence-corrected chi connectivity index (χ1v) is 7.37. The van der Waals surface area contributed by atoms with Gasteiger partial charge in [-0.25, -0.2) is 4.79 Å². The zero-order valence-corrected chi connectivity index (χ0v) is 12.4. The van der Waals surface area contributed by atoms with Gasteiger partial charge in [0.2, 0.25) is 0 Å². The zero-order chi connectivity index (χ0) is 15.0. The molecule has 1 unspecified atom stereocenters. The van der Waals surface area contributed by atoms with Gasteiger partial charge in [-0.15, -0.1) is 6.58 Å². The van der Waals surface area contributed by atoms with Gasteiger partial charge in [0.05, 0.1) is 0 Å². The molecule has 0 aromatic rings. The fraction of sp³-hybridized carbons (Fsp3) is 0.733. The van der Waals surface area contributed by atoms with Crippen molar-refractivity contribution in [2.45, 2.75) is 38.5 Å². The van der Waals surface area contributed by atoms with Crippen molar-refractivity contribution in [3.8, 4) is 0 Å². The van der Waals surface area contributed by atoms with Crippen LogP contribution < -0.4 is 0 Å². The molecule has 2 amide bonds. The summed E-state index contributed by atoms with van der Waals surface area (Å²) < 4.78 is 0. The van der Waals surface area contributed by atoms with Gasteiger partial charge in [0, 0.05) is 33.1 Å². The third-order valence-electron chi connectivity index (χ3n) is 3.78. The predicted octanol–water partition coefficient (Wildman–Crippen LogP) is 2.58. The number of hydrogen-bond donors (Lipinski definition) is 1. The summed E-state index contributed by atoms with van der Waals surface area (Å²) in [5, 5.41) is 8.73. The highest BCUT2D eigenvalue weighted by atomic mass is 16.4. The SMILES string of the molecule is C=CCCCN(C)C(=O)N1CCCC(CCC(=O)O)C1. The van der Waals surface area contributed by atoms with E-state index in [9.17, 15) is 9.59 Å². The van der Waals surface area contributed by atoms with E-state index in [2.05, 4.69) is 6.58 Å². The molecular formula is C15H26N2O3. The Balaban J connectivity index is 2.38. The average Bonchev–Trinajstić information content (AvgIpc) is 2.44. The van der Waals surface area contributed by atoms with Crippen LogP contribution in [-0.2, 0) is 4.79 Å². The van der Waals surface area contributed by atoms with Crippen LogP contribution in [0, 0.1) is 5.92 Å². The molecule has 114 valence electrons. The summed E-state index contributed by atoms with van der Waals surface area (Å²) in [6, 6.07) is 0.0640. The van der Waals surface area contributed by atoms with E-state index >= 15 is 0 Å². The summed E-state index contributed by atoms with van der Waals surface area (Å²) in [7, 11) is 1.83. The molecular weight excluding hydrogens is 256 g/mol. The average molecular weight is 282 g/mol. The number of piperidine rings is 1. The molecule has 20 heavy (non-hydrogen) atoms. The standard InChI is InChI=1S/C15H26N2O3/c1-3-4-5-10-16(2)15(20)17-11-6-7-13(12-17)8-9-14(18)19/h3,13H,1,4-12H2,2H3,(H,18,19). The Morgan fingerprint density at radius 2 is 2.25 bits per heavy atom. The Morgan fingerprint density at radius 3 is 2.90 bits per heavy atom. The molecule has 0 aliphatic carbocycles. The van der Waals surface area contributed by atoms with Gasteiger partial charge in [-0.05, 0) is 38.0 Å². The van der Waals surface area contributed by atoms with Crippen molar-refractivity contribution < 1.29 is 14.7 Å². The molecule has 1 aliphatic heterocycles. The van der Waals surface area contributed by atoms with Crippen molar-refractivity contribution in [1.82, 2.24) is 9.80 Å². The maximum Gasteiger partial charge on any atom is 0.319 e. The van der Waals surface area contributed by atoms with Crippen molar-refractivity contribution in [2.75, 3.05) is 26.7 Å². The van der Waals surface area contributed by atoms with Crippen molar-refractivity contribution in [3.63, 3.8) is 0 Å². The highest BCUT2D eigenvalue weighted by molar-refractivity contribution is 5.74. The minimum absolute atomic E-state index is 0.0640. The van der Waals surface area contributed by atoms with E-state index in [-0.39, 0.29) is 12.5 Å².